The molecule has 3 nitrogen and oxygen atoms in total. The number of hydrogen-bond acceptors (Lipinski definition) is 3. The quantitative estimate of drug-likeness (QED) is 0.665. The van der Waals surface area contributed by atoms with Crippen LogP contribution in [0.2, 0.25) is 0 Å². The van der Waals surface area contributed by atoms with Crippen LogP contribution < -0.4 is 0 Å². The van der Waals surface area contributed by atoms with E-state index in [0.717, 1.165) is 32.4 Å². The van der Waals surface area contributed by atoms with E-state index in [1.165, 1.54) is 19.3 Å². The van der Waals surface area contributed by atoms with Gasteiger partial charge in [-0.2, -0.15) is 0 Å². The van der Waals surface area contributed by atoms with Crippen molar-refractivity contribution in [2.45, 2.75) is 63.7 Å². The molecule has 0 aromatic heterocycles. The highest BCUT2D eigenvalue weighted by Gasteiger charge is 2.32. The molecule has 3 heteroatoms. The van der Waals surface area contributed by atoms with Crippen molar-refractivity contribution in [3.63, 3.8) is 0 Å². The van der Waals surface area contributed by atoms with Gasteiger partial charge >= 0.3 is 0 Å². The van der Waals surface area contributed by atoms with Crippen LogP contribution in [0.5, 0.6) is 0 Å². The number of aliphatic hydroxyl groups excluding tert-OH is 2. The summed E-state index contributed by atoms with van der Waals surface area (Å²) in [5, 5.41) is 19.9. The fourth-order valence-electron chi connectivity index (χ4n) is 3.16. The fraction of sp³-hybridized carbons (Fsp3) is 1.00. The van der Waals surface area contributed by atoms with Crippen LogP contribution >= 0.6 is 0 Å². The molecule has 2 rings (SSSR count). The lowest BCUT2D eigenvalue weighted by molar-refractivity contribution is -0.0208. The Balaban J connectivity index is 1.94. The van der Waals surface area contributed by atoms with Crippen LogP contribution in [-0.2, 0) is 0 Å². The number of nitrogens with zero attached hydrogens (tertiary/aromatic N) is 1. The number of hydrogen-bond donors (Lipinski definition) is 2. The molecule has 0 spiro atoms. The van der Waals surface area contributed by atoms with E-state index in [0.29, 0.717) is 12.0 Å². The molecule has 0 aromatic rings. The second-order valence-corrected chi connectivity index (χ2v) is 5.60. The molecule has 16 heavy (non-hydrogen) atoms. The minimum absolute atomic E-state index is 0.140. The van der Waals surface area contributed by atoms with Crippen molar-refractivity contribution < 1.29 is 10.2 Å². The first-order chi connectivity index (χ1) is 7.68. The first-order valence-electron chi connectivity index (χ1n) is 6.78. The first kappa shape index (κ1) is 12.3. The third-order valence-corrected chi connectivity index (χ3v) is 4.30. The minimum Gasteiger partial charge on any atom is -0.393 e. The molecule has 0 bridgehead atoms. The molecule has 4 atom stereocenters. The van der Waals surface area contributed by atoms with Crippen LogP contribution in [0.4, 0.5) is 0 Å². The van der Waals surface area contributed by atoms with E-state index in [1.54, 1.807) is 0 Å². The van der Waals surface area contributed by atoms with Gasteiger partial charge in [0.2, 0.25) is 0 Å². The molecule has 94 valence electrons. The molecule has 1 saturated carbocycles. The predicted octanol–water partition coefficient (Wildman–Crippen LogP) is 1.38. The van der Waals surface area contributed by atoms with Crippen molar-refractivity contribution in [2.75, 3.05) is 13.1 Å². The highest BCUT2D eigenvalue weighted by Crippen LogP contribution is 2.26. The maximum atomic E-state index is 10.1. The maximum absolute atomic E-state index is 10.1. The summed E-state index contributed by atoms with van der Waals surface area (Å²) < 4.78 is 0. The van der Waals surface area contributed by atoms with Gasteiger partial charge in [0.05, 0.1) is 12.2 Å². The topological polar surface area (TPSA) is 43.7 Å². The third kappa shape index (κ3) is 2.76. The fourth-order valence-corrected chi connectivity index (χ4v) is 3.16. The van der Waals surface area contributed by atoms with Crippen molar-refractivity contribution in [1.82, 2.24) is 4.90 Å². The molecule has 4 unspecified atom stereocenters. The molecule has 2 aliphatic rings. The summed E-state index contributed by atoms with van der Waals surface area (Å²) in [5.41, 5.74) is 0. The van der Waals surface area contributed by atoms with Gasteiger partial charge in [0.15, 0.2) is 0 Å². The van der Waals surface area contributed by atoms with Gasteiger partial charge in [-0.25, -0.2) is 0 Å². The normalized spacial score (nSPS) is 42.9. The van der Waals surface area contributed by atoms with E-state index >= 15 is 0 Å². The summed E-state index contributed by atoms with van der Waals surface area (Å²) in [6.45, 7) is 4.01. The molecule has 2 N–H and O–H groups in total. The molecular weight excluding hydrogens is 202 g/mol. The van der Waals surface area contributed by atoms with Crippen LogP contribution in [0.15, 0.2) is 0 Å². The monoisotopic (exact) mass is 227 g/mol. The van der Waals surface area contributed by atoms with Gasteiger partial charge in [-0.05, 0) is 25.2 Å². The summed E-state index contributed by atoms with van der Waals surface area (Å²) in [7, 11) is 0. The van der Waals surface area contributed by atoms with Gasteiger partial charge in [0.25, 0.3) is 0 Å². The Morgan fingerprint density at radius 1 is 0.938 bits per heavy atom. The van der Waals surface area contributed by atoms with Gasteiger partial charge in [-0.3, -0.25) is 4.90 Å². The van der Waals surface area contributed by atoms with E-state index in [4.69, 9.17) is 0 Å². The zero-order valence-electron chi connectivity index (χ0n) is 10.3. The van der Waals surface area contributed by atoms with E-state index in [1.807, 2.05) is 0 Å². The minimum atomic E-state index is -0.148. The maximum Gasteiger partial charge on any atom is 0.0695 e. The summed E-state index contributed by atoms with van der Waals surface area (Å²) in [5.74, 6) is 0.351. The van der Waals surface area contributed by atoms with Crippen molar-refractivity contribution in [1.29, 1.82) is 0 Å². The zero-order chi connectivity index (χ0) is 11.5. The van der Waals surface area contributed by atoms with Crippen molar-refractivity contribution >= 4 is 0 Å². The van der Waals surface area contributed by atoms with Gasteiger partial charge in [0.1, 0.15) is 0 Å². The number of likely N-dealkylation sites (tertiary alicyclic amines) is 1. The zero-order valence-corrected chi connectivity index (χ0v) is 10.3. The summed E-state index contributed by atoms with van der Waals surface area (Å²) in [6.07, 6.45) is 6.34. The Kier molecular flexibility index (Phi) is 4.22. The Morgan fingerprint density at radius 3 is 2.44 bits per heavy atom. The lowest BCUT2D eigenvalue weighted by Crippen LogP contribution is -2.50. The van der Waals surface area contributed by atoms with Crippen molar-refractivity contribution in [2.24, 2.45) is 5.92 Å². The van der Waals surface area contributed by atoms with Gasteiger partial charge < -0.3 is 10.2 Å². The molecule has 0 aromatic carbocycles. The SMILES string of the molecule is CC1CN(C2CCCCCC2O)CCC1O. The molecular formula is C13H25NO2. The number of aliphatic hydroxyl groups is 2. The number of rotatable bonds is 1. The Bertz CT molecular complexity index is 222. The molecule has 1 aliphatic heterocycles. The Labute approximate surface area is 98.5 Å². The molecule has 0 radical (unpaired) electrons. The van der Waals surface area contributed by atoms with Crippen molar-refractivity contribution in [3.8, 4) is 0 Å². The molecule has 1 saturated heterocycles. The summed E-state index contributed by atoms with van der Waals surface area (Å²) >= 11 is 0. The summed E-state index contributed by atoms with van der Waals surface area (Å²) in [6, 6.07) is 0.345. The standard InChI is InChI=1S/C13H25NO2/c1-10-9-14(8-7-12(10)15)11-5-3-2-4-6-13(11)16/h10-13,15-16H,2-9H2,1H3. The molecule has 0 amide bonds. The highest BCUT2D eigenvalue weighted by molar-refractivity contribution is 4.87. The van der Waals surface area contributed by atoms with Crippen LogP contribution in [0.3, 0.4) is 0 Å². The smallest absolute Gasteiger partial charge is 0.0695 e. The summed E-state index contributed by atoms with van der Waals surface area (Å²) in [4.78, 5) is 2.41. The second-order valence-electron chi connectivity index (χ2n) is 5.60. The number of piperidine rings is 1. The molecule has 2 fully saturated rings. The van der Waals surface area contributed by atoms with Crippen LogP contribution in [0.1, 0.15) is 45.4 Å². The lowest BCUT2D eigenvalue weighted by atomic mass is 9.93. The second kappa shape index (κ2) is 5.48. The van der Waals surface area contributed by atoms with Gasteiger partial charge in [0, 0.05) is 19.1 Å². The van der Waals surface area contributed by atoms with Crippen molar-refractivity contribution in [3.05, 3.63) is 0 Å². The first-order valence-corrected chi connectivity index (χ1v) is 6.78. The van der Waals surface area contributed by atoms with E-state index in [9.17, 15) is 10.2 Å². The average Bonchev–Trinajstić information content (AvgIpc) is 2.47. The lowest BCUT2D eigenvalue weighted by Gasteiger charge is -2.40. The van der Waals surface area contributed by atoms with Gasteiger partial charge in [-0.15, -0.1) is 0 Å². The largest absolute Gasteiger partial charge is 0.393 e. The van der Waals surface area contributed by atoms with E-state index < -0.39 is 0 Å². The van der Waals surface area contributed by atoms with E-state index in [-0.39, 0.29) is 12.2 Å². The predicted molar refractivity (Wildman–Crippen MR) is 64.2 cm³/mol. The third-order valence-electron chi connectivity index (χ3n) is 4.30. The Morgan fingerprint density at radius 2 is 1.69 bits per heavy atom. The van der Waals surface area contributed by atoms with E-state index in [2.05, 4.69) is 11.8 Å². The van der Waals surface area contributed by atoms with Gasteiger partial charge in [-0.1, -0.05) is 26.2 Å². The molecule has 1 aliphatic carbocycles. The average molecular weight is 227 g/mol. The Hall–Kier alpha value is -0.120. The highest BCUT2D eigenvalue weighted by atomic mass is 16.3. The van der Waals surface area contributed by atoms with Crippen LogP contribution in [0.25, 0.3) is 0 Å². The molecule has 1 heterocycles. The van der Waals surface area contributed by atoms with Crippen LogP contribution in [-0.4, -0.2) is 46.5 Å². The van der Waals surface area contributed by atoms with Crippen LogP contribution in [0, 0.1) is 5.92 Å².